The Balaban J connectivity index is 1.80. The van der Waals surface area contributed by atoms with Crippen LogP contribution in [-0.2, 0) is 0 Å². The Morgan fingerprint density at radius 3 is 2.54 bits per heavy atom. The van der Waals surface area contributed by atoms with Crippen molar-refractivity contribution in [1.82, 2.24) is 0 Å². The molecule has 0 saturated carbocycles. The van der Waals surface area contributed by atoms with Gasteiger partial charge in [-0.2, -0.15) is 0 Å². The summed E-state index contributed by atoms with van der Waals surface area (Å²) in [4.78, 5) is 25.2. The second kappa shape index (κ2) is 7.16. The van der Waals surface area contributed by atoms with Crippen molar-refractivity contribution in [1.29, 1.82) is 0 Å². The summed E-state index contributed by atoms with van der Waals surface area (Å²) in [5, 5.41) is 5.90. The van der Waals surface area contributed by atoms with E-state index in [1.807, 2.05) is 49.4 Å². The monoisotopic (exact) mass is 369 g/mol. The number of fused-ring (bicyclic) bond motifs is 2. The zero-order valence-corrected chi connectivity index (χ0v) is 15.5. The maximum Gasteiger partial charge on any atom is 0.347 e. The summed E-state index contributed by atoms with van der Waals surface area (Å²) < 4.78 is 5.48. The first-order chi connectivity index (χ1) is 13.5. The molecule has 0 spiro atoms. The van der Waals surface area contributed by atoms with Crippen molar-refractivity contribution in [3.63, 3.8) is 0 Å². The van der Waals surface area contributed by atoms with Crippen LogP contribution in [0.1, 0.15) is 21.5 Å². The first-order valence-electron chi connectivity index (χ1n) is 9.03. The summed E-state index contributed by atoms with van der Waals surface area (Å²) in [5.74, 6) is -0.334. The van der Waals surface area contributed by atoms with Gasteiger partial charge < -0.3 is 9.73 Å². The number of hydrogen-bond acceptors (Lipinski definition) is 4. The molecule has 0 aliphatic carbocycles. The number of nitrogens with one attached hydrogen (secondary N) is 1. The molecular weight excluding hydrogens is 350 g/mol. The van der Waals surface area contributed by atoms with Crippen molar-refractivity contribution < 1.29 is 9.21 Å². The molecule has 4 rings (SSSR count). The van der Waals surface area contributed by atoms with Crippen molar-refractivity contribution in [3.05, 3.63) is 100 Å². The number of aryl methyl sites for hydroxylation is 1. The van der Waals surface area contributed by atoms with E-state index in [1.54, 1.807) is 24.3 Å². The molecule has 28 heavy (non-hydrogen) atoms. The lowest BCUT2D eigenvalue weighted by molar-refractivity contribution is 0.103. The van der Waals surface area contributed by atoms with Crippen molar-refractivity contribution in [3.8, 4) is 0 Å². The number of carbonyl (C=O) groups excluding carboxylic acids is 1. The predicted octanol–water partition coefficient (Wildman–Crippen LogP) is 5.08. The van der Waals surface area contributed by atoms with E-state index in [2.05, 4.69) is 11.9 Å². The third kappa shape index (κ3) is 3.32. The molecule has 0 unspecified atom stereocenters. The van der Waals surface area contributed by atoms with Gasteiger partial charge in [-0.3, -0.25) is 4.79 Å². The number of anilines is 1. The van der Waals surface area contributed by atoms with Crippen molar-refractivity contribution in [2.45, 2.75) is 6.92 Å². The molecule has 138 valence electrons. The average Bonchev–Trinajstić information content (AvgIpc) is 2.70. The van der Waals surface area contributed by atoms with Gasteiger partial charge in [-0.1, -0.05) is 42.0 Å². The Morgan fingerprint density at radius 1 is 1.00 bits per heavy atom. The van der Waals surface area contributed by atoms with Gasteiger partial charge in [0.05, 0.1) is 0 Å². The predicted molar refractivity (Wildman–Crippen MR) is 113 cm³/mol. The van der Waals surface area contributed by atoms with E-state index < -0.39 is 5.63 Å². The minimum Gasteiger partial charge on any atom is -0.422 e. The van der Waals surface area contributed by atoms with Gasteiger partial charge >= 0.3 is 5.63 Å². The Bertz CT molecular complexity index is 1270. The molecule has 3 aromatic carbocycles. The molecule has 1 aromatic heterocycles. The Labute approximate surface area is 162 Å². The van der Waals surface area contributed by atoms with Crippen LogP contribution in [0.4, 0.5) is 5.69 Å². The van der Waals surface area contributed by atoms with Crippen LogP contribution >= 0.6 is 0 Å². The normalized spacial score (nSPS) is 10.9. The zero-order valence-electron chi connectivity index (χ0n) is 15.5. The van der Waals surface area contributed by atoms with Crippen LogP contribution in [0.25, 0.3) is 21.7 Å². The molecule has 0 atom stereocenters. The van der Waals surface area contributed by atoms with Crippen LogP contribution in [0.15, 0.2) is 82.5 Å². The van der Waals surface area contributed by atoms with Crippen LogP contribution in [0.5, 0.6) is 0 Å². The quantitative estimate of drug-likeness (QED) is 0.231. The van der Waals surface area contributed by atoms with Gasteiger partial charge in [-0.05, 0) is 48.0 Å². The van der Waals surface area contributed by atoms with E-state index in [-0.39, 0.29) is 11.3 Å². The van der Waals surface area contributed by atoms with Crippen molar-refractivity contribution in [2.75, 3.05) is 11.9 Å². The summed E-state index contributed by atoms with van der Waals surface area (Å²) in [6.45, 7) is 6.31. The zero-order chi connectivity index (χ0) is 19.7. The smallest absolute Gasteiger partial charge is 0.347 e. The highest BCUT2D eigenvalue weighted by Gasteiger charge is 2.16. The summed E-state index contributed by atoms with van der Waals surface area (Å²) in [6.07, 6.45) is 1.79. The van der Waals surface area contributed by atoms with Crippen molar-refractivity contribution in [2.24, 2.45) is 0 Å². The van der Waals surface area contributed by atoms with Crippen LogP contribution in [0.3, 0.4) is 0 Å². The molecule has 0 aliphatic rings. The molecule has 0 amide bonds. The Morgan fingerprint density at radius 2 is 1.79 bits per heavy atom. The van der Waals surface area contributed by atoms with Gasteiger partial charge in [0.25, 0.3) is 0 Å². The number of hydrogen-bond donors (Lipinski definition) is 1. The molecule has 0 saturated heterocycles. The highest BCUT2D eigenvalue weighted by atomic mass is 16.4. The van der Waals surface area contributed by atoms with Gasteiger partial charge in [0.1, 0.15) is 11.1 Å². The fourth-order valence-electron chi connectivity index (χ4n) is 3.18. The highest BCUT2D eigenvalue weighted by Crippen LogP contribution is 2.25. The van der Waals surface area contributed by atoms with Crippen LogP contribution in [0.2, 0.25) is 0 Å². The van der Waals surface area contributed by atoms with Gasteiger partial charge in [0.15, 0.2) is 5.78 Å². The molecule has 0 fully saturated rings. The largest absolute Gasteiger partial charge is 0.422 e. The molecule has 0 bridgehead atoms. The van der Waals surface area contributed by atoms with E-state index in [9.17, 15) is 9.59 Å². The topological polar surface area (TPSA) is 59.3 Å². The van der Waals surface area contributed by atoms with E-state index in [1.165, 1.54) is 0 Å². The second-order valence-corrected chi connectivity index (χ2v) is 6.76. The number of carbonyl (C=O) groups is 1. The lowest BCUT2D eigenvalue weighted by atomic mass is 10.0. The summed E-state index contributed by atoms with van der Waals surface area (Å²) >= 11 is 0. The van der Waals surface area contributed by atoms with Crippen LogP contribution in [-0.4, -0.2) is 12.3 Å². The third-order valence-electron chi connectivity index (χ3n) is 4.70. The molecule has 1 N–H and O–H groups in total. The first kappa shape index (κ1) is 17.7. The minimum atomic E-state index is -0.627. The van der Waals surface area contributed by atoms with Crippen LogP contribution in [0, 0.1) is 6.92 Å². The lowest BCUT2D eigenvalue weighted by Gasteiger charge is -2.07. The maximum absolute atomic E-state index is 12.8. The lowest BCUT2D eigenvalue weighted by Crippen LogP contribution is -2.14. The molecule has 0 radical (unpaired) electrons. The molecule has 4 aromatic rings. The number of ketones is 1. The Hall–Kier alpha value is -3.66. The molecule has 1 heterocycles. The van der Waals surface area contributed by atoms with Crippen molar-refractivity contribution >= 4 is 33.2 Å². The standard InChI is InChI=1S/C24H19NO3/c1-3-10-25-20-9-8-17-11-19-13-21(23(26)16-6-4-15(2)5-7-16)24(27)28-22(19)14-18(17)12-20/h3-9,11-14,25H,1,10H2,2H3. The van der Waals surface area contributed by atoms with E-state index >= 15 is 0 Å². The molecule has 0 aliphatic heterocycles. The summed E-state index contributed by atoms with van der Waals surface area (Å²) in [7, 11) is 0. The SMILES string of the molecule is C=CCNc1ccc2cc3cc(C(=O)c4ccc(C)cc4)c(=O)oc3cc2c1. The molecular formula is C24H19NO3. The fourth-order valence-corrected chi connectivity index (χ4v) is 3.18. The first-order valence-corrected chi connectivity index (χ1v) is 9.03. The summed E-state index contributed by atoms with van der Waals surface area (Å²) in [6, 6.07) is 18.5. The van der Waals surface area contributed by atoms with Gasteiger partial charge in [0, 0.05) is 23.2 Å². The number of benzene rings is 3. The average molecular weight is 369 g/mol. The summed E-state index contributed by atoms with van der Waals surface area (Å²) in [5.41, 5.74) is 2.35. The molecule has 4 nitrogen and oxygen atoms in total. The van der Waals surface area contributed by atoms with E-state index in [0.29, 0.717) is 17.7 Å². The third-order valence-corrected chi connectivity index (χ3v) is 4.70. The van der Waals surface area contributed by atoms with E-state index in [4.69, 9.17) is 4.42 Å². The number of rotatable bonds is 5. The highest BCUT2D eigenvalue weighted by molar-refractivity contribution is 6.10. The maximum atomic E-state index is 12.8. The van der Waals surface area contributed by atoms with E-state index in [0.717, 1.165) is 27.4 Å². The van der Waals surface area contributed by atoms with Gasteiger partial charge in [-0.15, -0.1) is 6.58 Å². The van der Waals surface area contributed by atoms with Crippen LogP contribution < -0.4 is 10.9 Å². The fraction of sp³-hybridized carbons (Fsp3) is 0.0833. The van der Waals surface area contributed by atoms with Gasteiger partial charge in [-0.25, -0.2) is 4.79 Å². The molecule has 4 heteroatoms. The van der Waals surface area contributed by atoms with Gasteiger partial charge in [0.2, 0.25) is 0 Å². The Kier molecular flexibility index (Phi) is 4.53. The minimum absolute atomic E-state index is 0.0416. The second-order valence-electron chi connectivity index (χ2n) is 6.76.